The molecule has 7 heteroatoms. The minimum atomic E-state index is -1.21. The lowest BCUT2D eigenvalue weighted by molar-refractivity contribution is 0.0698. The van der Waals surface area contributed by atoms with Crippen LogP contribution in [0.5, 0.6) is 0 Å². The van der Waals surface area contributed by atoms with E-state index in [1.165, 1.54) is 0 Å². The van der Waals surface area contributed by atoms with Crippen LogP contribution < -0.4 is 5.32 Å². The number of carbonyl (C=O) groups is 2. The van der Waals surface area contributed by atoms with Crippen molar-refractivity contribution < 1.29 is 19.1 Å². The highest BCUT2D eigenvalue weighted by molar-refractivity contribution is 6.00. The van der Waals surface area contributed by atoms with E-state index in [4.69, 9.17) is 5.11 Å². The SMILES string of the molecule is CCN1CCN(C(=O)Nc2cc(F)ccc2C(=O)O)CC1. The number of nitrogens with zero attached hydrogens (tertiary/aromatic N) is 2. The summed E-state index contributed by atoms with van der Waals surface area (Å²) < 4.78 is 13.2. The van der Waals surface area contributed by atoms with E-state index in [0.29, 0.717) is 13.1 Å². The summed E-state index contributed by atoms with van der Waals surface area (Å²) >= 11 is 0. The number of amides is 2. The maximum absolute atomic E-state index is 13.2. The number of hydrogen-bond donors (Lipinski definition) is 2. The Bertz CT molecular complexity index is 542. The molecule has 0 unspecified atom stereocenters. The molecule has 0 radical (unpaired) electrons. The van der Waals surface area contributed by atoms with E-state index < -0.39 is 17.8 Å². The highest BCUT2D eigenvalue weighted by atomic mass is 19.1. The van der Waals surface area contributed by atoms with Gasteiger partial charge in [-0.25, -0.2) is 14.0 Å². The summed E-state index contributed by atoms with van der Waals surface area (Å²) in [4.78, 5) is 27.0. The summed E-state index contributed by atoms with van der Waals surface area (Å²) in [5, 5.41) is 11.5. The van der Waals surface area contributed by atoms with Crippen molar-refractivity contribution in [1.82, 2.24) is 9.80 Å². The molecule has 0 atom stereocenters. The van der Waals surface area contributed by atoms with Gasteiger partial charge in [-0.2, -0.15) is 0 Å². The molecule has 1 aromatic rings. The highest BCUT2D eigenvalue weighted by Crippen LogP contribution is 2.18. The number of nitrogens with one attached hydrogen (secondary N) is 1. The van der Waals surface area contributed by atoms with Crippen molar-refractivity contribution in [2.75, 3.05) is 38.0 Å². The smallest absolute Gasteiger partial charge is 0.337 e. The third kappa shape index (κ3) is 3.69. The van der Waals surface area contributed by atoms with Gasteiger partial charge in [0.1, 0.15) is 5.82 Å². The summed E-state index contributed by atoms with van der Waals surface area (Å²) in [5.41, 5.74) is -0.151. The molecule has 2 amide bonds. The zero-order chi connectivity index (χ0) is 15.4. The number of rotatable bonds is 3. The monoisotopic (exact) mass is 295 g/mol. The van der Waals surface area contributed by atoms with Gasteiger partial charge in [-0.15, -0.1) is 0 Å². The van der Waals surface area contributed by atoms with Crippen molar-refractivity contribution in [2.45, 2.75) is 6.92 Å². The van der Waals surface area contributed by atoms with Gasteiger partial charge in [0.2, 0.25) is 0 Å². The zero-order valence-corrected chi connectivity index (χ0v) is 11.8. The van der Waals surface area contributed by atoms with E-state index in [2.05, 4.69) is 17.1 Å². The molecule has 1 fully saturated rings. The highest BCUT2D eigenvalue weighted by Gasteiger charge is 2.21. The van der Waals surface area contributed by atoms with Gasteiger partial charge in [-0.3, -0.25) is 0 Å². The topological polar surface area (TPSA) is 72.9 Å². The van der Waals surface area contributed by atoms with Gasteiger partial charge in [-0.1, -0.05) is 6.92 Å². The summed E-state index contributed by atoms with van der Waals surface area (Å²) in [5.74, 6) is -1.80. The predicted molar refractivity (Wildman–Crippen MR) is 76.1 cm³/mol. The lowest BCUT2D eigenvalue weighted by atomic mass is 10.1. The fourth-order valence-corrected chi connectivity index (χ4v) is 2.27. The Kier molecular flexibility index (Phi) is 4.74. The Morgan fingerprint density at radius 3 is 2.52 bits per heavy atom. The molecule has 0 saturated carbocycles. The van der Waals surface area contributed by atoms with Crippen molar-refractivity contribution in [3.63, 3.8) is 0 Å². The second-order valence-corrected chi connectivity index (χ2v) is 4.85. The van der Waals surface area contributed by atoms with Crippen LogP contribution in [0, 0.1) is 5.82 Å². The number of hydrogen-bond acceptors (Lipinski definition) is 3. The number of piperazine rings is 1. The van der Waals surface area contributed by atoms with E-state index >= 15 is 0 Å². The molecule has 1 saturated heterocycles. The Balaban J connectivity index is 2.06. The maximum atomic E-state index is 13.2. The van der Waals surface area contributed by atoms with Gasteiger partial charge in [0.25, 0.3) is 0 Å². The molecule has 1 aliphatic rings. The molecule has 2 N–H and O–H groups in total. The van der Waals surface area contributed by atoms with Crippen molar-refractivity contribution >= 4 is 17.7 Å². The molecule has 0 bridgehead atoms. The molecule has 21 heavy (non-hydrogen) atoms. The average molecular weight is 295 g/mol. The molecule has 1 aliphatic heterocycles. The molecular formula is C14H18FN3O3. The predicted octanol–water partition coefficient (Wildman–Crippen LogP) is 1.69. The van der Waals surface area contributed by atoms with Crippen LogP contribution in [-0.2, 0) is 0 Å². The molecule has 1 aromatic carbocycles. The van der Waals surface area contributed by atoms with E-state index in [9.17, 15) is 14.0 Å². The largest absolute Gasteiger partial charge is 0.478 e. The molecule has 6 nitrogen and oxygen atoms in total. The maximum Gasteiger partial charge on any atom is 0.337 e. The standard InChI is InChI=1S/C14H18FN3O3/c1-2-17-5-7-18(8-6-17)14(21)16-12-9-10(15)3-4-11(12)13(19)20/h3-4,9H,2,5-8H2,1H3,(H,16,21)(H,19,20). The Morgan fingerprint density at radius 2 is 1.95 bits per heavy atom. The minimum absolute atomic E-state index is 0.0228. The fourth-order valence-electron chi connectivity index (χ4n) is 2.27. The quantitative estimate of drug-likeness (QED) is 0.890. The number of aromatic carboxylic acids is 1. The second kappa shape index (κ2) is 6.53. The summed E-state index contributed by atoms with van der Waals surface area (Å²) in [6.07, 6.45) is 0. The molecule has 0 spiro atoms. The lowest BCUT2D eigenvalue weighted by Gasteiger charge is -2.34. The molecular weight excluding hydrogens is 277 g/mol. The zero-order valence-electron chi connectivity index (χ0n) is 11.8. The van der Waals surface area contributed by atoms with Crippen LogP contribution >= 0.6 is 0 Å². The number of anilines is 1. The number of carboxylic acids is 1. The molecule has 0 aliphatic carbocycles. The second-order valence-electron chi connectivity index (χ2n) is 4.85. The molecule has 0 aromatic heterocycles. The van der Waals surface area contributed by atoms with Gasteiger partial charge in [-0.05, 0) is 24.7 Å². The third-order valence-corrected chi connectivity index (χ3v) is 3.56. The number of carboxylic acid groups (broad SMARTS) is 1. The van der Waals surface area contributed by atoms with E-state index in [1.807, 2.05) is 0 Å². The van der Waals surface area contributed by atoms with Crippen LogP contribution in [0.1, 0.15) is 17.3 Å². The Labute approximate surface area is 122 Å². The van der Waals surface area contributed by atoms with Crippen molar-refractivity contribution in [3.8, 4) is 0 Å². The lowest BCUT2D eigenvalue weighted by Crippen LogP contribution is -2.49. The number of carbonyl (C=O) groups excluding carboxylic acids is 1. The van der Waals surface area contributed by atoms with E-state index in [1.54, 1.807) is 4.90 Å². The first-order valence-electron chi connectivity index (χ1n) is 6.82. The summed E-state index contributed by atoms with van der Waals surface area (Å²) in [6.45, 7) is 5.68. The van der Waals surface area contributed by atoms with Crippen molar-refractivity contribution in [2.24, 2.45) is 0 Å². The van der Waals surface area contributed by atoms with Crippen LogP contribution in [-0.4, -0.2) is 59.6 Å². The number of urea groups is 1. The Hall–Kier alpha value is -2.15. The van der Waals surface area contributed by atoms with Crippen LogP contribution in [0.4, 0.5) is 14.9 Å². The van der Waals surface area contributed by atoms with Crippen LogP contribution in [0.15, 0.2) is 18.2 Å². The number of benzene rings is 1. The van der Waals surface area contributed by atoms with Gasteiger partial charge >= 0.3 is 12.0 Å². The van der Waals surface area contributed by atoms with Crippen LogP contribution in [0.25, 0.3) is 0 Å². The van der Waals surface area contributed by atoms with Crippen LogP contribution in [0.3, 0.4) is 0 Å². The third-order valence-electron chi connectivity index (χ3n) is 3.56. The Morgan fingerprint density at radius 1 is 1.29 bits per heavy atom. The number of halogens is 1. The van der Waals surface area contributed by atoms with Gasteiger partial charge in [0.05, 0.1) is 11.3 Å². The normalized spacial score (nSPS) is 15.8. The average Bonchev–Trinajstić information content (AvgIpc) is 2.47. The van der Waals surface area contributed by atoms with Crippen molar-refractivity contribution in [3.05, 3.63) is 29.6 Å². The van der Waals surface area contributed by atoms with Crippen LogP contribution in [0.2, 0.25) is 0 Å². The summed E-state index contributed by atoms with van der Waals surface area (Å²) in [7, 11) is 0. The molecule has 114 valence electrons. The van der Waals surface area contributed by atoms with Crippen molar-refractivity contribution in [1.29, 1.82) is 0 Å². The van der Waals surface area contributed by atoms with Gasteiger partial charge in [0.15, 0.2) is 0 Å². The van der Waals surface area contributed by atoms with E-state index in [0.717, 1.165) is 37.8 Å². The number of likely N-dealkylation sites (N-methyl/N-ethyl adjacent to an activating group) is 1. The first kappa shape index (κ1) is 15.2. The molecule has 1 heterocycles. The van der Waals surface area contributed by atoms with Gasteiger partial charge < -0.3 is 20.2 Å². The van der Waals surface area contributed by atoms with Gasteiger partial charge in [0, 0.05) is 26.2 Å². The fraction of sp³-hybridized carbons (Fsp3) is 0.429. The first-order valence-corrected chi connectivity index (χ1v) is 6.82. The molecule has 2 rings (SSSR count). The first-order chi connectivity index (χ1) is 10.0. The minimum Gasteiger partial charge on any atom is -0.478 e. The van der Waals surface area contributed by atoms with E-state index in [-0.39, 0.29) is 11.3 Å². The summed E-state index contributed by atoms with van der Waals surface area (Å²) in [6, 6.07) is 2.81.